The van der Waals surface area contributed by atoms with Gasteiger partial charge in [-0.25, -0.2) is 0 Å². The van der Waals surface area contributed by atoms with Gasteiger partial charge in [0.05, 0.1) is 0 Å². The Bertz CT molecular complexity index is 251. The van der Waals surface area contributed by atoms with Crippen molar-refractivity contribution in [2.75, 3.05) is 7.11 Å². The maximum absolute atomic E-state index is 7.50. The molecule has 0 rings (SSSR count). The second-order valence-electron chi connectivity index (χ2n) is 2.07. The molecule has 0 aromatic heterocycles. The van der Waals surface area contributed by atoms with Gasteiger partial charge in [-0.05, 0) is 0 Å². The maximum atomic E-state index is 7.50. The van der Waals surface area contributed by atoms with Crippen LogP contribution in [0.4, 0.5) is 0 Å². The fourth-order valence-electron chi connectivity index (χ4n) is 0.570. The van der Waals surface area contributed by atoms with Gasteiger partial charge in [0.25, 0.3) is 0 Å². The van der Waals surface area contributed by atoms with Crippen LogP contribution >= 0.6 is 0 Å². The van der Waals surface area contributed by atoms with Gasteiger partial charge in [-0.1, -0.05) is 0 Å². The van der Waals surface area contributed by atoms with E-state index in [1.807, 2.05) is 6.08 Å². The van der Waals surface area contributed by atoms with E-state index in [1.54, 1.807) is 7.11 Å². The molecule has 0 atom stereocenters. The summed E-state index contributed by atoms with van der Waals surface area (Å²) >= 11 is 2.81. The average molecular weight is 318 g/mol. The predicted molar refractivity (Wildman–Crippen MR) is 60.3 cm³/mol. The Hall–Kier alpha value is -1.20. The van der Waals surface area contributed by atoms with E-state index in [0.717, 1.165) is 11.0 Å². The zero-order chi connectivity index (χ0) is 17.8. The Morgan fingerprint density at radius 1 is 0.950 bits per heavy atom. The first-order valence-electron chi connectivity index (χ1n) is 4.57. The molecular formula is C13H14CrO6. The molecule has 6 nitrogen and oxygen atoms in total. The number of hydrogen-bond acceptors (Lipinski definition) is 1. The molecule has 7 heteroatoms. The summed E-state index contributed by atoms with van der Waals surface area (Å²) in [7, 11) is 1.66. The number of hydrogen-bond donors (Lipinski definition) is 0. The van der Waals surface area contributed by atoms with E-state index in [9.17, 15) is 0 Å². The Balaban J connectivity index is -0.0000000412. The van der Waals surface area contributed by atoms with E-state index in [1.165, 1.54) is 12.8 Å². The zero-order valence-corrected chi connectivity index (χ0v) is 12.4. The van der Waals surface area contributed by atoms with Crippen LogP contribution in [0.25, 0.3) is 0 Å². The minimum absolute atomic E-state index is 0.858. The van der Waals surface area contributed by atoms with Crippen molar-refractivity contribution in [3.63, 3.8) is 0 Å². The van der Waals surface area contributed by atoms with E-state index < -0.39 is 0 Å². The molecule has 0 spiro atoms. The number of ether oxygens (including phenoxy) is 1. The summed E-state index contributed by atoms with van der Waals surface area (Å²) in [5.74, 6) is 0. The Morgan fingerprint density at radius 3 is 1.55 bits per heavy atom. The standard InChI is InChI=1S/C8H14O.5CO.Cr/c1-3-4-5-6-7-8-9-2;5*1-2;/h6-7H,3-5H2,1-2H3;;;;;;/b7-6+;;;;;;. The van der Waals surface area contributed by atoms with Crippen molar-refractivity contribution < 1.29 is 43.8 Å². The molecule has 0 N–H and O–H groups in total. The van der Waals surface area contributed by atoms with Crippen molar-refractivity contribution in [3.8, 4) is 0 Å². The molecule has 0 amide bonds. The second kappa shape index (κ2) is 82.6. The van der Waals surface area contributed by atoms with Gasteiger partial charge in [0.15, 0.2) is 0 Å². The van der Waals surface area contributed by atoms with Crippen LogP contribution in [0.2, 0.25) is 0 Å². The fourth-order valence-corrected chi connectivity index (χ4v) is 0.720. The van der Waals surface area contributed by atoms with Gasteiger partial charge in [0.2, 0.25) is 0 Å². The Labute approximate surface area is 127 Å². The van der Waals surface area contributed by atoms with Crippen LogP contribution in [0.1, 0.15) is 26.2 Å². The van der Waals surface area contributed by atoms with Gasteiger partial charge >= 0.3 is 127 Å². The molecule has 0 aliphatic rings. The summed E-state index contributed by atoms with van der Waals surface area (Å²) in [6.07, 6.45) is 7.74. The van der Waals surface area contributed by atoms with Crippen molar-refractivity contribution in [1.29, 1.82) is 0 Å². The van der Waals surface area contributed by atoms with Crippen LogP contribution < -0.4 is 0 Å². The number of allylic oxidation sites excluding steroid dienone is 1. The van der Waals surface area contributed by atoms with Crippen molar-refractivity contribution in [3.05, 3.63) is 45.4 Å². The van der Waals surface area contributed by atoms with Gasteiger partial charge in [0, 0.05) is 0 Å². The van der Waals surface area contributed by atoms with Gasteiger partial charge in [-0.2, -0.15) is 0 Å². The van der Waals surface area contributed by atoms with Crippen molar-refractivity contribution in [1.82, 2.24) is 0 Å². The molecule has 0 saturated carbocycles. The molecule has 0 fully saturated rings. The summed E-state index contributed by atoms with van der Waals surface area (Å²) in [5, 5.41) is 0. The molecule has 20 heavy (non-hydrogen) atoms. The summed E-state index contributed by atoms with van der Waals surface area (Å²) < 4.78 is 43.3. The van der Waals surface area contributed by atoms with Gasteiger partial charge in [-0.15, -0.1) is 0 Å². The second-order valence-corrected chi connectivity index (χ2v) is 2.70. The summed E-state index contributed by atoms with van der Waals surface area (Å²) in [4.78, 5) is 0. The fraction of sp³-hybridized carbons (Fsp3) is 0.385. The molecule has 0 heterocycles. The molecule has 0 bridgehead atoms. The molecular weight excluding hydrogens is 304 g/mol. The number of methoxy groups -OCH3 is 1. The topological polar surface area (TPSA) is 109 Å². The van der Waals surface area contributed by atoms with Crippen LogP contribution in [0, 0.1) is 33.3 Å². The van der Waals surface area contributed by atoms with Gasteiger partial charge < -0.3 is 0 Å². The molecule has 0 aromatic rings. The van der Waals surface area contributed by atoms with Crippen LogP contribution in [0.3, 0.4) is 0 Å². The molecule has 0 aromatic carbocycles. The number of unbranched alkanes of at least 4 members (excludes halogenated alkanes) is 2. The first kappa shape index (κ1) is 36.4. The number of rotatable bonds is 5. The summed E-state index contributed by atoms with van der Waals surface area (Å²) in [6.45, 7) is 24.7. The summed E-state index contributed by atoms with van der Waals surface area (Å²) in [5.41, 5.74) is 0. The quantitative estimate of drug-likeness (QED) is 0.430. The third-order valence-corrected chi connectivity index (χ3v) is 1.65. The first-order valence-corrected chi connectivity index (χ1v) is 5.21. The van der Waals surface area contributed by atoms with Crippen LogP contribution in [0.15, 0.2) is 12.2 Å². The third-order valence-electron chi connectivity index (χ3n) is 1.18. The normalized spacial score (nSPS) is 5.80. The van der Waals surface area contributed by atoms with Gasteiger partial charge in [0.1, 0.15) is 0 Å². The van der Waals surface area contributed by atoms with Crippen LogP contribution in [-0.4, -0.2) is 11.7 Å². The zero-order valence-electron chi connectivity index (χ0n) is 11.1. The van der Waals surface area contributed by atoms with E-state index >= 15 is 0 Å². The Kier molecular flexibility index (Phi) is 150. The monoisotopic (exact) mass is 318 g/mol. The van der Waals surface area contributed by atoms with Crippen molar-refractivity contribution >= 4 is 4.57 Å². The molecule has 0 saturated heterocycles. The van der Waals surface area contributed by atoms with Gasteiger partial charge in [-0.3, -0.25) is 0 Å². The first-order chi connectivity index (χ1) is 9.81. The third kappa shape index (κ3) is 90.7. The van der Waals surface area contributed by atoms with Crippen LogP contribution in [0.5, 0.6) is 0 Å². The molecule has 0 unspecified atom stereocenters. The van der Waals surface area contributed by atoms with E-state index in [0.29, 0.717) is 0 Å². The van der Waals surface area contributed by atoms with E-state index in [2.05, 4.69) is 62.1 Å². The van der Waals surface area contributed by atoms with E-state index in [-0.39, 0.29) is 0 Å². The SMILES string of the molecule is CCCC/C=C/[C](=[Cr])OC.[C-]#[O+].[C-]#[O+].[C-]#[O+].[C-]#[O+].[C-]#[O+]. The van der Waals surface area contributed by atoms with Crippen molar-refractivity contribution in [2.45, 2.75) is 26.2 Å². The molecule has 0 aliphatic carbocycles. The summed E-state index contributed by atoms with van der Waals surface area (Å²) in [6, 6.07) is 0. The average Bonchev–Trinajstić information content (AvgIpc) is 2.60. The van der Waals surface area contributed by atoms with Crippen LogP contribution in [-0.2, 0) is 43.8 Å². The molecule has 0 radical (unpaired) electrons. The predicted octanol–water partition coefficient (Wildman–Crippen LogP) is 1.87. The minimum atomic E-state index is 0.858. The van der Waals surface area contributed by atoms with Crippen molar-refractivity contribution in [2.24, 2.45) is 0 Å². The van der Waals surface area contributed by atoms with E-state index in [4.69, 9.17) is 28.0 Å². The molecule has 0 aliphatic heterocycles. The molecule has 108 valence electrons. The Morgan fingerprint density at radius 2 is 1.30 bits per heavy atom.